The number of benzene rings is 2. The molecule has 0 bridgehead atoms. The van der Waals surface area contributed by atoms with Gasteiger partial charge in [0.15, 0.2) is 5.75 Å². The molecule has 0 amide bonds. The number of nitrogens with zero attached hydrogens (tertiary/aromatic N) is 3. The van der Waals surface area contributed by atoms with Crippen molar-refractivity contribution in [3.05, 3.63) is 106 Å². The van der Waals surface area contributed by atoms with Gasteiger partial charge in [-0.2, -0.15) is 13.2 Å². The minimum atomic E-state index is -4.70. The Morgan fingerprint density at radius 3 is 2.29 bits per heavy atom. The van der Waals surface area contributed by atoms with Gasteiger partial charge in [-0.3, -0.25) is 4.79 Å². The molecule has 5 nitrogen and oxygen atoms in total. The average molecular weight is 471 g/mol. The van der Waals surface area contributed by atoms with E-state index in [-0.39, 0.29) is 5.75 Å². The lowest BCUT2D eigenvalue weighted by molar-refractivity contribution is -0.138. The standard InChI is InChI=1S/C25H21F4N3O2/c1-15-10-21(8-9-22(15)31-12-16(2)30-14-31)34-23-11-19(25(27,28)29)13-32(24(23)33)17(3)18-4-6-20(26)7-5-18/h4-14,17H,1-3H3. The Balaban J connectivity index is 1.74. The van der Waals surface area contributed by atoms with E-state index in [0.29, 0.717) is 11.6 Å². The topological polar surface area (TPSA) is 49.0 Å². The Hall–Kier alpha value is -3.88. The van der Waals surface area contributed by atoms with E-state index in [0.717, 1.165) is 27.7 Å². The molecule has 0 N–H and O–H groups in total. The molecule has 0 spiro atoms. The third-order valence-corrected chi connectivity index (χ3v) is 5.49. The highest BCUT2D eigenvalue weighted by molar-refractivity contribution is 5.46. The Kier molecular flexibility index (Phi) is 6.03. The molecule has 2 aromatic carbocycles. The highest BCUT2D eigenvalue weighted by Gasteiger charge is 2.33. The Bertz CT molecular complexity index is 1390. The van der Waals surface area contributed by atoms with Gasteiger partial charge < -0.3 is 13.9 Å². The molecular formula is C25H21F4N3O2. The molecule has 0 fully saturated rings. The summed E-state index contributed by atoms with van der Waals surface area (Å²) in [5, 5.41) is 0. The van der Waals surface area contributed by atoms with Crippen molar-refractivity contribution in [3.8, 4) is 17.2 Å². The van der Waals surface area contributed by atoms with Gasteiger partial charge in [0, 0.05) is 24.1 Å². The van der Waals surface area contributed by atoms with E-state index in [4.69, 9.17) is 4.74 Å². The lowest BCUT2D eigenvalue weighted by atomic mass is 10.1. The molecular weight excluding hydrogens is 450 g/mol. The van der Waals surface area contributed by atoms with Gasteiger partial charge >= 0.3 is 6.18 Å². The van der Waals surface area contributed by atoms with Gasteiger partial charge in [-0.15, -0.1) is 0 Å². The van der Waals surface area contributed by atoms with Crippen LogP contribution in [0.15, 0.2) is 72.0 Å². The second-order valence-electron chi connectivity index (χ2n) is 8.00. The maximum Gasteiger partial charge on any atom is 0.417 e. The van der Waals surface area contributed by atoms with Crippen molar-refractivity contribution < 1.29 is 22.3 Å². The van der Waals surface area contributed by atoms with E-state index in [1.807, 2.05) is 24.6 Å². The number of aryl methyl sites for hydroxylation is 2. The molecule has 0 aliphatic rings. The van der Waals surface area contributed by atoms with E-state index in [1.165, 1.54) is 24.3 Å². The first kappa shape index (κ1) is 23.3. The Morgan fingerprint density at radius 2 is 1.71 bits per heavy atom. The molecule has 2 aromatic heterocycles. The van der Waals surface area contributed by atoms with Crippen molar-refractivity contribution in [3.63, 3.8) is 0 Å². The molecule has 176 valence electrons. The SMILES string of the molecule is Cc1cn(-c2ccc(Oc3cc(C(F)(F)F)cn(C(C)c4ccc(F)cc4)c3=O)cc2C)cn1. The molecule has 0 saturated carbocycles. The average Bonchev–Trinajstić information content (AvgIpc) is 3.20. The minimum Gasteiger partial charge on any atom is -0.452 e. The van der Waals surface area contributed by atoms with Crippen LogP contribution in [0.1, 0.15) is 35.3 Å². The van der Waals surface area contributed by atoms with Crippen molar-refractivity contribution in [2.75, 3.05) is 0 Å². The van der Waals surface area contributed by atoms with Gasteiger partial charge in [0.2, 0.25) is 0 Å². The summed E-state index contributed by atoms with van der Waals surface area (Å²) in [7, 11) is 0. The van der Waals surface area contributed by atoms with Crippen LogP contribution >= 0.6 is 0 Å². The van der Waals surface area contributed by atoms with Crippen molar-refractivity contribution in [2.24, 2.45) is 0 Å². The third-order valence-electron chi connectivity index (χ3n) is 5.49. The predicted molar refractivity (Wildman–Crippen MR) is 119 cm³/mol. The molecule has 9 heteroatoms. The second kappa shape index (κ2) is 8.81. The van der Waals surface area contributed by atoms with Crippen LogP contribution < -0.4 is 10.3 Å². The molecule has 1 unspecified atom stereocenters. The van der Waals surface area contributed by atoms with Crippen molar-refractivity contribution in [2.45, 2.75) is 33.0 Å². The maximum absolute atomic E-state index is 13.6. The van der Waals surface area contributed by atoms with Gasteiger partial charge in [0.25, 0.3) is 5.56 Å². The van der Waals surface area contributed by atoms with E-state index in [2.05, 4.69) is 4.98 Å². The van der Waals surface area contributed by atoms with E-state index in [1.54, 1.807) is 31.5 Å². The lowest BCUT2D eigenvalue weighted by Gasteiger charge is -2.20. The van der Waals surface area contributed by atoms with Crippen LogP contribution in [0.4, 0.5) is 17.6 Å². The fraction of sp³-hybridized carbons (Fsp3) is 0.200. The summed E-state index contributed by atoms with van der Waals surface area (Å²) >= 11 is 0. The summed E-state index contributed by atoms with van der Waals surface area (Å²) in [5.41, 5.74) is 1.14. The number of hydrogen-bond donors (Lipinski definition) is 0. The molecule has 4 aromatic rings. The van der Waals surface area contributed by atoms with Gasteiger partial charge in [-0.05, 0) is 62.2 Å². The van der Waals surface area contributed by atoms with Crippen LogP contribution in [0.25, 0.3) is 5.69 Å². The zero-order valence-electron chi connectivity index (χ0n) is 18.6. The summed E-state index contributed by atoms with van der Waals surface area (Å²) in [6.45, 7) is 5.23. The Labute approximate surface area is 192 Å². The summed E-state index contributed by atoms with van der Waals surface area (Å²) in [4.78, 5) is 17.3. The van der Waals surface area contributed by atoms with E-state index < -0.39 is 34.9 Å². The summed E-state index contributed by atoms with van der Waals surface area (Å²) in [6, 6.07) is 10.1. The van der Waals surface area contributed by atoms with Crippen LogP contribution in [0, 0.1) is 19.7 Å². The highest BCUT2D eigenvalue weighted by atomic mass is 19.4. The van der Waals surface area contributed by atoms with Crippen molar-refractivity contribution in [1.29, 1.82) is 0 Å². The van der Waals surface area contributed by atoms with Crippen LogP contribution in [-0.4, -0.2) is 14.1 Å². The zero-order valence-corrected chi connectivity index (χ0v) is 18.6. The molecule has 0 aliphatic heterocycles. The summed E-state index contributed by atoms with van der Waals surface area (Å²) < 4.78 is 62.5. The fourth-order valence-electron chi connectivity index (χ4n) is 3.65. The van der Waals surface area contributed by atoms with Gasteiger partial charge in [0.1, 0.15) is 11.6 Å². The first-order chi connectivity index (χ1) is 16.0. The first-order valence-corrected chi connectivity index (χ1v) is 10.4. The molecule has 34 heavy (non-hydrogen) atoms. The molecule has 0 saturated heterocycles. The quantitative estimate of drug-likeness (QED) is 0.325. The van der Waals surface area contributed by atoms with Gasteiger partial charge in [-0.25, -0.2) is 9.37 Å². The lowest BCUT2D eigenvalue weighted by Crippen LogP contribution is -2.26. The number of ether oxygens (including phenoxy) is 1. The van der Waals surface area contributed by atoms with Gasteiger partial charge in [-0.1, -0.05) is 12.1 Å². The molecule has 4 rings (SSSR count). The zero-order chi connectivity index (χ0) is 24.6. The first-order valence-electron chi connectivity index (χ1n) is 10.4. The van der Waals surface area contributed by atoms with Gasteiger partial charge in [0.05, 0.1) is 23.6 Å². The summed E-state index contributed by atoms with van der Waals surface area (Å²) in [6.07, 6.45) is -0.459. The largest absolute Gasteiger partial charge is 0.452 e. The molecule has 0 radical (unpaired) electrons. The summed E-state index contributed by atoms with van der Waals surface area (Å²) in [5.74, 6) is -0.731. The normalized spacial score (nSPS) is 12.6. The molecule has 2 heterocycles. The van der Waals surface area contributed by atoms with Crippen molar-refractivity contribution >= 4 is 0 Å². The van der Waals surface area contributed by atoms with Crippen LogP contribution in [-0.2, 0) is 6.18 Å². The minimum absolute atomic E-state index is 0.218. The number of alkyl halides is 3. The van der Waals surface area contributed by atoms with Crippen LogP contribution in [0.3, 0.4) is 0 Å². The smallest absolute Gasteiger partial charge is 0.417 e. The molecule has 1 atom stereocenters. The fourth-order valence-corrected chi connectivity index (χ4v) is 3.65. The number of pyridine rings is 1. The molecule has 0 aliphatic carbocycles. The second-order valence-corrected chi connectivity index (χ2v) is 8.00. The highest BCUT2D eigenvalue weighted by Crippen LogP contribution is 2.33. The number of rotatable bonds is 5. The van der Waals surface area contributed by atoms with Crippen LogP contribution in [0.2, 0.25) is 0 Å². The van der Waals surface area contributed by atoms with Crippen molar-refractivity contribution in [1.82, 2.24) is 14.1 Å². The number of aromatic nitrogens is 3. The van der Waals surface area contributed by atoms with E-state index in [9.17, 15) is 22.4 Å². The third kappa shape index (κ3) is 4.73. The predicted octanol–water partition coefficient (Wildman–Crippen LogP) is 6.21. The maximum atomic E-state index is 13.6. The van der Waals surface area contributed by atoms with Crippen LogP contribution in [0.5, 0.6) is 11.5 Å². The monoisotopic (exact) mass is 471 g/mol. The van der Waals surface area contributed by atoms with E-state index >= 15 is 0 Å². The number of hydrogen-bond acceptors (Lipinski definition) is 3. The number of imidazole rings is 1. The Morgan fingerprint density at radius 1 is 1.00 bits per heavy atom. The number of halogens is 4.